The molecule has 1 aliphatic heterocycles. The van der Waals surface area contributed by atoms with Crippen LogP contribution in [0, 0.1) is 13.8 Å². The molecule has 1 amide bonds. The number of pyridine rings is 1. The third-order valence-corrected chi connectivity index (χ3v) is 10.2. The molecule has 0 radical (unpaired) electrons. The Labute approximate surface area is 236 Å². The minimum Gasteiger partial charge on any atom is -0.465 e. The number of hydrogen-bond donors (Lipinski definition) is 3. The molecule has 0 aliphatic carbocycles. The van der Waals surface area contributed by atoms with Gasteiger partial charge in [-0.05, 0) is 39.0 Å². The Morgan fingerprint density at radius 2 is 1.82 bits per heavy atom. The van der Waals surface area contributed by atoms with Crippen LogP contribution in [0.25, 0.3) is 22.2 Å². The van der Waals surface area contributed by atoms with E-state index in [0.717, 1.165) is 45.0 Å². The molecule has 0 spiro atoms. The fraction of sp³-hybridized carbons (Fsp3) is 0.346. The summed E-state index contributed by atoms with van der Waals surface area (Å²) >= 11 is 0.830. The van der Waals surface area contributed by atoms with Gasteiger partial charge in [-0.25, -0.2) is 28.2 Å². The van der Waals surface area contributed by atoms with Crippen molar-refractivity contribution in [1.29, 1.82) is 0 Å². The zero-order chi connectivity index (χ0) is 28.4. The number of sulfonamides is 1. The summed E-state index contributed by atoms with van der Waals surface area (Å²) < 4.78 is 27.9. The monoisotopic (exact) mass is 582 g/mol. The van der Waals surface area contributed by atoms with Gasteiger partial charge >= 0.3 is 6.09 Å². The van der Waals surface area contributed by atoms with E-state index >= 15 is 0 Å². The molecule has 3 N–H and O–H groups in total. The number of carbonyl (C=O) groups is 1. The van der Waals surface area contributed by atoms with Crippen LogP contribution in [0.15, 0.2) is 46.9 Å². The first-order valence-corrected chi connectivity index (χ1v) is 15.0. The maximum atomic E-state index is 13.2. The first kappa shape index (κ1) is 27.8. The van der Waals surface area contributed by atoms with Gasteiger partial charge in [0.25, 0.3) is 10.0 Å². The topological polar surface area (TPSA) is 154 Å². The van der Waals surface area contributed by atoms with Gasteiger partial charge in [0.15, 0.2) is 9.34 Å². The minimum absolute atomic E-state index is 0.0374. The highest BCUT2D eigenvalue weighted by atomic mass is 32.2. The van der Waals surface area contributed by atoms with E-state index in [9.17, 15) is 13.2 Å². The smallest absolute Gasteiger partial charge is 0.410 e. The Hall–Kier alpha value is -3.72. The summed E-state index contributed by atoms with van der Waals surface area (Å²) in [7, 11) is -3.77. The molecule has 0 saturated carbocycles. The largest absolute Gasteiger partial charge is 0.465 e. The van der Waals surface area contributed by atoms with Crippen molar-refractivity contribution in [3.63, 3.8) is 0 Å². The van der Waals surface area contributed by atoms with Crippen LogP contribution in [0.2, 0.25) is 0 Å². The van der Waals surface area contributed by atoms with Crippen molar-refractivity contribution in [2.45, 2.75) is 31.0 Å². The Morgan fingerprint density at radius 1 is 1.07 bits per heavy atom. The third kappa shape index (κ3) is 5.89. The SMILES string of the molecule is Cc1cccc(-c2cccc3c(N[C@@H](C)CN4CCN(S(=O)(=O)c5sc(NC(=O)O)nc5C)CC4)ncnc23)n1. The fourth-order valence-electron chi connectivity index (χ4n) is 4.81. The number of thiazole rings is 1. The molecule has 4 aromatic rings. The molecule has 40 heavy (non-hydrogen) atoms. The average Bonchev–Trinajstić information content (AvgIpc) is 3.28. The van der Waals surface area contributed by atoms with Crippen LogP contribution in [0.5, 0.6) is 0 Å². The molecule has 3 aromatic heterocycles. The van der Waals surface area contributed by atoms with Crippen LogP contribution in [0.4, 0.5) is 15.7 Å². The second-order valence-corrected chi connectivity index (χ2v) is 12.8. The third-order valence-electron chi connectivity index (χ3n) is 6.62. The Bertz CT molecular complexity index is 1650. The molecule has 1 saturated heterocycles. The zero-order valence-electron chi connectivity index (χ0n) is 22.3. The van der Waals surface area contributed by atoms with E-state index in [1.165, 1.54) is 4.31 Å². The molecular weight excluding hydrogens is 552 g/mol. The predicted octanol–water partition coefficient (Wildman–Crippen LogP) is 3.66. The quantitative estimate of drug-likeness (QED) is 0.280. The summed E-state index contributed by atoms with van der Waals surface area (Å²) in [5, 5.41) is 15.5. The van der Waals surface area contributed by atoms with Crippen LogP contribution in [0.3, 0.4) is 0 Å². The molecule has 4 heterocycles. The van der Waals surface area contributed by atoms with E-state index in [1.807, 2.05) is 43.3 Å². The Balaban J connectivity index is 1.23. The van der Waals surface area contributed by atoms with Gasteiger partial charge in [-0.1, -0.05) is 29.5 Å². The van der Waals surface area contributed by atoms with Gasteiger partial charge in [0.1, 0.15) is 12.1 Å². The molecule has 0 bridgehead atoms. The molecule has 5 rings (SSSR count). The highest BCUT2D eigenvalue weighted by Gasteiger charge is 2.32. The highest BCUT2D eigenvalue weighted by Crippen LogP contribution is 2.31. The summed E-state index contributed by atoms with van der Waals surface area (Å²) in [6.07, 6.45) is 0.270. The van der Waals surface area contributed by atoms with E-state index in [1.54, 1.807) is 13.3 Å². The number of aromatic nitrogens is 4. The number of para-hydroxylation sites is 1. The van der Waals surface area contributed by atoms with E-state index < -0.39 is 16.1 Å². The standard InChI is InChI=1S/C26H30N8O4S2/c1-16-6-4-9-21(29-16)19-7-5-8-20-22(19)27-15-28-23(20)30-17(2)14-33-10-12-34(13-11-33)40(37,38)24-18(3)31-25(39-24)32-26(35)36/h4-9,15,17H,10-14H2,1-3H3,(H,31,32)(H,35,36)(H,27,28,30)/t17-/m0/s1. The number of anilines is 2. The normalized spacial score (nSPS) is 15.7. The van der Waals surface area contributed by atoms with Gasteiger partial charge in [0.2, 0.25) is 0 Å². The summed E-state index contributed by atoms with van der Waals surface area (Å²) in [4.78, 5) is 30.9. The number of fused-ring (bicyclic) bond motifs is 1. The van der Waals surface area contributed by atoms with Crippen LogP contribution in [0.1, 0.15) is 18.3 Å². The Morgan fingerprint density at radius 3 is 2.55 bits per heavy atom. The van der Waals surface area contributed by atoms with Crippen molar-refractivity contribution in [2.24, 2.45) is 0 Å². The maximum absolute atomic E-state index is 13.2. The van der Waals surface area contributed by atoms with Crippen LogP contribution < -0.4 is 10.6 Å². The number of nitrogens with zero attached hydrogens (tertiary/aromatic N) is 6. The number of carboxylic acid groups (broad SMARTS) is 1. The van der Waals surface area contributed by atoms with Crippen molar-refractivity contribution in [1.82, 2.24) is 29.1 Å². The second-order valence-electron chi connectivity index (χ2n) is 9.66. The lowest BCUT2D eigenvalue weighted by atomic mass is 10.1. The number of nitrogens with one attached hydrogen (secondary N) is 2. The zero-order valence-corrected chi connectivity index (χ0v) is 24.0. The van der Waals surface area contributed by atoms with Crippen molar-refractivity contribution >= 4 is 49.3 Å². The molecule has 12 nitrogen and oxygen atoms in total. The summed E-state index contributed by atoms with van der Waals surface area (Å²) in [5.41, 5.74) is 3.85. The molecule has 14 heteroatoms. The number of hydrogen-bond acceptors (Lipinski definition) is 10. The number of piperazine rings is 1. The first-order chi connectivity index (χ1) is 19.1. The van der Waals surface area contributed by atoms with Crippen LogP contribution in [-0.4, -0.2) is 87.5 Å². The molecule has 1 aliphatic rings. The lowest BCUT2D eigenvalue weighted by molar-refractivity contribution is 0.184. The summed E-state index contributed by atoms with van der Waals surface area (Å²) in [5.74, 6) is 0.736. The van der Waals surface area contributed by atoms with Gasteiger partial charge in [0.05, 0.1) is 16.9 Å². The van der Waals surface area contributed by atoms with E-state index in [-0.39, 0.29) is 21.1 Å². The molecule has 1 fully saturated rings. The predicted molar refractivity (Wildman–Crippen MR) is 154 cm³/mol. The van der Waals surface area contributed by atoms with Gasteiger partial charge in [0, 0.05) is 55.4 Å². The van der Waals surface area contributed by atoms with E-state index in [0.29, 0.717) is 32.7 Å². The van der Waals surface area contributed by atoms with Crippen LogP contribution in [-0.2, 0) is 10.0 Å². The molecule has 210 valence electrons. The highest BCUT2D eigenvalue weighted by molar-refractivity contribution is 7.91. The number of rotatable bonds is 8. The number of benzene rings is 1. The fourth-order valence-corrected chi connectivity index (χ4v) is 7.77. The lowest BCUT2D eigenvalue weighted by Gasteiger charge is -2.35. The van der Waals surface area contributed by atoms with Gasteiger partial charge in [-0.2, -0.15) is 4.31 Å². The summed E-state index contributed by atoms with van der Waals surface area (Å²) in [6.45, 7) is 8.09. The van der Waals surface area contributed by atoms with Crippen LogP contribution >= 0.6 is 11.3 Å². The van der Waals surface area contributed by atoms with Crippen molar-refractivity contribution in [2.75, 3.05) is 43.4 Å². The van der Waals surface area contributed by atoms with Gasteiger partial charge in [-0.15, -0.1) is 0 Å². The van der Waals surface area contributed by atoms with Gasteiger partial charge < -0.3 is 10.4 Å². The number of amides is 1. The Kier molecular flexibility index (Phi) is 7.94. The molecule has 0 unspecified atom stereocenters. The lowest BCUT2D eigenvalue weighted by Crippen LogP contribution is -2.50. The molecule has 1 atom stereocenters. The van der Waals surface area contributed by atoms with Gasteiger partial charge in [-0.3, -0.25) is 15.2 Å². The van der Waals surface area contributed by atoms with Crippen molar-refractivity contribution < 1.29 is 18.3 Å². The summed E-state index contributed by atoms with van der Waals surface area (Å²) in [6, 6.07) is 11.9. The maximum Gasteiger partial charge on any atom is 0.410 e. The van der Waals surface area contributed by atoms with E-state index in [4.69, 9.17) is 5.11 Å². The van der Waals surface area contributed by atoms with Crippen molar-refractivity contribution in [3.05, 3.63) is 54.1 Å². The molecule has 1 aromatic carbocycles. The minimum atomic E-state index is -3.77. The molecular formula is C26H30N8O4S2. The number of aryl methyl sites for hydroxylation is 2. The van der Waals surface area contributed by atoms with E-state index in [2.05, 4.69) is 42.4 Å². The van der Waals surface area contributed by atoms with Crippen molar-refractivity contribution in [3.8, 4) is 11.3 Å². The average molecular weight is 583 g/mol. The second kappa shape index (κ2) is 11.4. The first-order valence-electron chi connectivity index (χ1n) is 12.8.